The lowest BCUT2D eigenvalue weighted by atomic mass is 10.2. The van der Waals surface area contributed by atoms with E-state index < -0.39 is 9.84 Å². The first-order valence-electron chi connectivity index (χ1n) is 7.02. The van der Waals surface area contributed by atoms with Crippen molar-refractivity contribution < 1.29 is 8.42 Å². The summed E-state index contributed by atoms with van der Waals surface area (Å²) < 4.78 is 22.3. The van der Waals surface area contributed by atoms with Crippen molar-refractivity contribution in [1.82, 2.24) is 5.32 Å². The van der Waals surface area contributed by atoms with Crippen molar-refractivity contribution >= 4 is 21.6 Å². The van der Waals surface area contributed by atoms with Crippen LogP contribution in [0.5, 0.6) is 0 Å². The van der Waals surface area contributed by atoms with Crippen molar-refractivity contribution in [3.05, 3.63) is 29.8 Å². The Labute approximate surface area is 127 Å². The fourth-order valence-electron chi connectivity index (χ4n) is 2.03. The van der Waals surface area contributed by atoms with Crippen LogP contribution in [0.4, 0.5) is 0 Å². The number of aryl methyl sites for hydroxylation is 1. The molecule has 0 aromatic heterocycles. The van der Waals surface area contributed by atoms with Gasteiger partial charge in [-0.3, -0.25) is 0 Å². The van der Waals surface area contributed by atoms with E-state index in [1.54, 1.807) is 0 Å². The lowest BCUT2D eigenvalue weighted by molar-refractivity contribution is 0.527. The summed E-state index contributed by atoms with van der Waals surface area (Å²) in [6.07, 6.45) is 2.93. The Morgan fingerprint density at radius 2 is 2.00 bits per heavy atom. The maximum Gasteiger partial charge on any atom is 0.147 e. The van der Waals surface area contributed by atoms with Crippen LogP contribution in [0.2, 0.25) is 0 Å². The maximum atomic E-state index is 11.2. The van der Waals surface area contributed by atoms with Gasteiger partial charge in [-0.2, -0.15) is 0 Å². The van der Waals surface area contributed by atoms with Gasteiger partial charge in [-0.25, -0.2) is 8.42 Å². The number of sulfone groups is 1. The second-order valence-corrected chi connectivity index (χ2v) is 8.42. The highest BCUT2D eigenvalue weighted by Gasteiger charge is 2.10. The van der Waals surface area contributed by atoms with E-state index in [0.29, 0.717) is 6.04 Å². The minimum atomic E-state index is -2.84. The van der Waals surface area contributed by atoms with Crippen LogP contribution in [0.3, 0.4) is 0 Å². The Hall–Kier alpha value is -0.520. The number of nitrogens with one attached hydrogen (secondary N) is 1. The molecule has 0 spiro atoms. The summed E-state index contributed by atoms with van der Waals surface area (Å²) in [6.45, 7) is 5.12. The molecule has 0 aliphatic rings. The van der Waals surface area contributed by atoms with Crippen LogP contribution in [-0.4, -0.2) is 38.8 Å². The van der Waals surface area contributed by atoms with E-state index in [-0.39, 0.29) is 5.75 Å². The van der Waals surface area contributed by atoms with Crippen LogP contribution in [0, 0.1) is 6.92 Å². The third-order valence-electron chi connectivity index (χ3n) is 3.09. The normalized spacial score (nSPS) is 13.3. The highest BCUT2D eigenvalue weighted by atomic mass is 32.2. The first-order chi connectivity index (χ1) is 9.42. The molecule has 0 bridgehead atoms. The molecule has 114 valence electrons. The van der Waals surface area contributed by atoms with Crippen molar-refractivity contribution in [2.24, 2.45) is 0 Å². The lowest BCUT2D eigenvalue weighted by Gasteiger charge is -2.17. The quantitative estimate of drug-likeness (QED) is 0.712. The molecule has 3 nitrogen and oxygen atoms in total. The molecule has 0 saturated heterocycles. The Balaban J connectivity index is 2.44. The van der Waals surface area contributed by atoms with Gasteiger partial charge in [0.25, 0.3) is 0 Å². The molecule has 1 aromatic carbocycles. The minimum absolute atomic E-state index is 0.282. The number of hydrogen-bond donors (Lipinski definition) is 1. The van der Waals surface area contributed by atoms with Gasteiger partial charge in [-0.15, -0.1) is 11.8 Å². The van der Waals surface area contributed by atoms with Gasteiger partial charge in [-0.05, 0) is 37.9 Å². The topological polar surface area (TPSA) is 46.2 Å². The first kappa shape index (κ1) is 17.5. The molecule has 5 heteroatoms. The van der Waals surface area contributed by atoms with Gasteiger partial charge >= 0.3 is 0 Å². The van der Waals surface area contributed by atoms with Gasteiger partial charge in [0.1, 0.15) is 9.84 Å². The van der Waals surface area contributed by atoms with Gasteiger partial charge < -0.3 is 5.32 Å². The van der Waals surface area contributed by atoms with Gasteiger partial charge in [0.2, 0.25) is 0 Å². The van der Waals surface area contributed by atoms with Gasteiger partial charge in [0, 0.05) is 28.7 Å². The molecule has 1 N–H and O–H groups in total. The molecule has 0 saturated carbocycles. The molecule has 20 heavy (non-hydrogen) atoms. The Morgan fingerprint density at radius 3 is 2.60 bits per heavy atom. The number of thioether (sulfide) groups is 1. The summed E-state index contributed by atoms with van der Waals surface area (Å²) in [6, 6.07) is 8.73. The fourth-order valence-corrected chi connectivity index (χ4v) is 3.86. The average molecular weight is 316 g/mol. The van der Waals surface area contributed by atoms with Gasteiger partial charge in [0.15, 0.2) is 0 Å². The molecule has 1 atom stereocenters. The molecule has 0 amide bonds. The summed E-state index contributed by atoms with van der Waals surface area (Å²) in [7, 11) is -2.84. The highest BCUT2D eigenvalue weighted by molar-refractivity contribution is 7.99. The second kappa shape index (κ2) is 8.70. The molecule has 0 heterocycles. The zero-order chi connectivity index (χ0) is 15.0. The molecular weight excluding hydrogens is 290 g/mol. The van der Waals surface area contributed by atoms with Crippen molar-refractivity contribution in [3.63, 3.8) is 0 Å². The number of hydrogen-bond acceptors (Lipinski definition) is 4. The largest absolute Gasteiger partial charge is 0.313 e. The van der Waals surface area contributed by atoms with Crippen LogP contribution in [-0.2, 0) is 9.84 Å². The van der Waals surface area contributed by atoms with Gasteiger partial charge in [-0.1, -0.05) is 25.1 Å². The van der Waals surface area contributed by atoms with E-state index in [0.717, 1.165) is 25.1 Å². The summed E-state index contributed by atoms with van der Waals surface area (Å²) in [5, 5.41) is 3.44. The van der Waals surface area contributed by atoms with E-state index in [2.05, 4.69) is 37.4 Å². The van der Waals surface area contributed by atoms with E-state index in [1.807, 2.05) is 17.8 Å². The van der Waals surface area contributed by atoms with E-state index in [4.69, 9.17) is 0 Å². The lowest BCUT2D eigenvalue weighted by Crippen LogP contribution is -2.31. The van der Waals surface area contributed by atoms with Crippen LogP contribution >= 0.6 is 11.8 Å². The first-order valence-corrected chi connectivity index (χ1v) is 10.1. The molecule has 0 radical (unpaired) electrons. The zero-order valence-corrected chi connectivity index (χ0v) is 14.2. The number of rotatable bonds is 9. The van der Waals surface area contributed by atoms with Crippen LogP contribution < -0.4 is 5.32 Å². The Kier molecular flexibility index (Phi) is 7.62. The van der Waals surface area contributed by atoms with E-state index in [1.165, 1.54) is 16.7 Å². The Morgan fingerprint density at radius 1 is 1.30 bits per heavy atom. The van der Waals surface area contributed by atoms with Crippen molar-refractivity contribution in [2.75, 3.05) is 24.3 Å². The zero-order valence-electron chi connectivity index (χ0n) is 12.6. The second-order valence-electron chi connectivity index (χ2n) is 5.10. The fraction of sp³-hybridized carbons (Fsp3) is 0.600. The molecule has 0 aliphatic carbocycles. The van der Waals surface area contributed by atoms with Crippen LogP contribution in [0.25, 0.3) is 0 Å². The third kappa shape index (κ3) is 7.31. The standard InChI is InChI=1S/C15H25NO2S2/c1-4-16-14(9-7-11-20(3,17)18)12-19-15-10-6-5-8-13(15)2/h5-6,8,10,14,16H,4,7,9,11-12H2,1-3H3. The third-order valence-corrected chi connectivity index (χ3v) is 5.46. The molecule has 1 rings (SSSR count). The molecule has 0 aliphatic heterocycles. The summed E-state index contributed by atoms with van der Waals surface area (Å²) >= 11 is 1.84. The number of benzene rings is 1. The predicted octanol–water partition coefficient (Wildman–Crippen LogP) is 2.89. The summed E-state index contributed by atoms with van der Waals surface area (Å²) in [5.74, 6) is 1.26. The van der Waals surface area contributed by atoms with Crippen molar-refractivity contribution in [3.8, 4) is 0 Å². The molecule has 1 unspecified atom stereocenters. The summed E-state index contributed by atoms with van der Waals surface area (Å²) in [4.78, 5) is 1.30. The SMILES string of the molecule is CCNC(CCCS(C)(=O)=O)CSc1ccccc1C. The van der Waals surface area contributed by atoms with Crippen molar-refractivity contribution in [2.45, 2.75) is 37.6 Å². The highest BCUT2D eigenvalue weighted by Crippen LogP contribution is 2.23. The van der Waals surface area contributed by atoms with Crippen LogP contribution in [0.15, 0.2) is 29.2 Å². The minimum Gasteiger partial charge on any atom is -0.313 e. The summed E-state index contributed by atoms with van der Waals surface area (Å²) in [5.41, 5.74) is 1.30. The van der Waals surface area contributed by atoms with Crippen molar-refractivity contribution in [1.29, 1.82) is 0 Å². The average Bonchev–Trinajstić information content (AvgIpc) is 2.36. The maximum absolute atomic E-state index is 11.2. The molecule has 1 aromatic rings. The Bertz CT molecular complexity index is 500. The molecule has 0 fully saturated rings. The van der Waals surface area contributed by atoms with Gasteiger partial charge in [0.05, 0.1) is 0 Å². The predicted molar refractivity (Wildman–Crippen MR) is 88.3 cm³/mol. The van der Waals surface area contributed by atoms with Crippen LogP contribution in [0.1, 0.15) is 25.3 Å². The molecular formula is C15H25NO2S2. The van der Waals surface area contributed by atoms with E-state index in [9.17, 15) is 8.42 Å². The van der Waals surface area contributed by atoms with E-state index >= 15 is 0 Å². The monoisotopic (exact) mass is 315 g/mol. The smallest absolute Gasteiger partial charge is 0.147 e.